The Morgan fingerprint density at radius 3 is 1.86 bits per heavy atom. The van der Waals surface area contributed by atoms with Crippen molar-refractivity contribution in [2.45, 2.75) is 0 Å². The smallest absolute Gasteiger partial charge is 0.238 e. The lowest BCUT2D eigenvalue weighted by molar-refractivity contribution is -0.123. The Balaban J connectivity index is 3.16. The highest BCUT2D eigenvalue weighted by Gasteiger charge is 1.84. The summed E-state index contributed by atoms with van der Waals surface area (Å²) in [6.07, 6.45) is 0.639. The third-order valence-corrected chi connectivity index (χ3v) is 0.587. The average molecular weight is 103 g/mol. The summed E-state index contributed by atoms with van der Waals surface area (Å²) in [6.45, 7) is 0. The first-order valence-electron chi connectivity index (χ1n) is 1.94. The number of nitrogens with zero attached hydrogens (tertiary/aromatic N) is 1. The van der Waals surface area contributed by atoms with E-state index in [9.17, 15) is 4.79 Å². The number of amides is 1. The van der Waals surface area contributed by atoms with E-state index in [2.05, 4.69) is 10.9 Å². The number of carbonyl (C=O) groups is 1. The molecule has 0 aromatic carbocycles. The standard InChI is InChI=1S/C3H9N3O/c1-4-6(3-7)5-2/h3-5H,1-2H3. The fraction of sp³-hybridized carbons (Fsp3) is 0.667. The molecule has 0 heterocycles. The maximum atomic E-state index is 9.77. The maximum absolute atomic E-state index is 9.77. The van der Waals surface area contributed by atoms with E-state index in [1.54, 1.807) is 14.1 Å². The van der Waals surface area contributed by atoms with Gasteiger partial charge in [-0.1, -0.05) is 0 Å². The van der Waals surface area contributed by atoms with Crippen LogP contribution in [0, 0.1) is 0 Å². The Labute approximate surface area is 42.4 Å². The van der Waals surface area contributed by atoms with Crippen LogP contribution in [0.5, 0.6) is 0 Å². The molecule has 2 N–H and O–H groups in total. The molecule has 0 unspecified atom stereocenters. The van der Waals surface area contributed by atoms with Crippen molar-refractivity contribution >= 4 is 6.41 Å². The number of nitrogens with one attached hydrogen (secondary N) is 2. The summed E-state index contributed by atoms with van der Waals surface area (Å²) >= 11 is 0. The molecule has 0 aliphatic carbocycles. The fourth-order valence-electron chi connectivity index (χ4n) is 0.217. The van der Waals surface area contributed by atoms with Gasteiger partial charge in [-0.15, -0.1) is 0 Å². The van der Waals surface area contributed by atoms with Gasteiger partial charge in [0.25, 0.3) is 0 Å². The Morgan fingerprint density at radius 1 is 1.43 bits per heavy atom. The molecule has 0 atom stereocenters. The van der Waals surface area contributed by atoms with Crippen molar-refractivity contribution in [1.29, 1.82) is 0 Å². The quantitative estimate of drug-likeness (QED) is 0.345. The van der Waals surface area contributed by atoms with Gasteiger partial charge in [-0.3, -0.25) is 4.79 Å². The molecule has 0 bridgehead atoms. The lowest BCUT2D eigenvalue weighted by Crippen LogP contribution is -2.42. The molecule has 0 spiro atoms. The summed E-state index contributed by atoms with van der Waals surface area (Å²) in [5, 5.41) is 1.19. The molecule has 42 valence electrons. The van der Waals surface area contributed by atoms with E-state index in [4.69, 9.17) is 0 Å². The molecule has 4 heteroatoms. The first-order valence-corrected chi connectivity index (χ1v) is 1.94. The monoisotopic (exact) mass is 103 g/mol. The van der Waals surface area contributed by atoms with Crippen LogP contribution < -0.4 is 10.9 Å². The molecule has 0 aromatic rings. The molecule has 0 aliphatic rings. The first kappa shape index (κ1) is 6.39. The Kier molecular flexibility index (Phi) is 3.26. The Morgan fingerprint density at radius 2 is 1.86 bits per heavy atom. The number of hydrogen-bond donors (Lipinski definition) is 2. The van der Waals surface area contributed by atoms with Gasteiger partial charge in [0.05, 0.1) is 0 Å². The average Bonchev–Trinajstić information content (AvgIpc) is 1.72. The zero-order valence-electron chi connectivity index (χ0n) is 4.43. The fourth-order valence-corrected chi connectivity index (χ4v) is 0.217. The second-order valence-electron chi connectivity index (χ2n) is 0.923. The van der Waals surface area contributed by atoms with E-state index in [-0.39, 0.29) is 0 Å². The van der Waals surface area contributed by atoms with Crippen molar-refractivity contribution in [2.24, 2.45) is 0 Å². The SMILES string of the molecule is CNN(C=O)NC. The van der Waals surface area contributed by atoms with Gasteiger partial charge in [-0.05, 0) is 0 Å². The molecule has 0 rings (SSSR count). The number of rotatable bonds is 3. The minimum Gasteiger partial charge on any atom is -0.276 e. The third-order valence-electron chi connectivity index (χ3n) is 0.587. The summed E-state index contributed by atoms with van der Waals surface area (Å²) in [7, 11) is 3.29. The predicted octanol–water partition coefficient (Wildman–Crippen LogP) is -1.29. The van der Waals surface area contributed by atoms with Crippen LogP contribution in [0.15, 0.2) is 0 Å². The minimum atomic E-state index is 0.639. The van der Waals surface area contributed by atoms with E-state index in [0.717, 1.165) is 0 Å². The molecular weight excluding hydrogens is 94.1 g/mol. The third kappa shape index (κ3) is 2.13. The van der Waals surface area contributed by atoms with Crippen molar-refractivity contribution in [3.8, 4) is 0 Å². The molecule has 0 radical (unpaired) electrons. The van der Waals surface area contributed by atoms with Gasteiger partial charge in [0, 0.05) is 14.1 Å². The van der Waals surface area contributed by atoms with Crippen LogP contribution in [-0.4, -0.2) is 25.6 Å². The van der Waals surface area contributed by atoms with Gasteiger partial charge < -0.3 is 0 Å². The zero-order chi connectivity index (χ0) is 5.70. The molecule has 0 saturated carbocycles. The van der Waals surface area contributed by atoms with E-state index in [1.165, 1.54) is 5.12 Å². The largest absolute Gasteiger partial charge is 0.276 e. The van der Waals surface area contributed by atoms with E-state index in [0.29, 0.717) is 6.41 Å². The topological polar surface area (TPSA) is 44.4 Å². The highest BCUT2D eigenvalue weighted by atomic mass is 16.2. The van der Waals surface area contributed by atoms with E-state index >= 15 is 0 Å². The van der Waals surface area contributed by atoms with Crippen LogP contribution >= 0.6 is 0 Å². The van der Waals surface area contributed by atoms with Gasteiger partial charge in [0.15, 0.2) is 0 Å². The van der Waals surface area contributed by atoms with Gasteiger partial charge in [-0.2, -0.15) is 0 Å². The summed E-state index contributed by atoms with van der Waals surface area (Å²) in [5.41, 5.74) is 5.11. The van der Waals surface area contributed by atoms with Crippen LogP contribution in [0.4, 0.5) is 0 Å². The van der Waals surface area contributed by atoms with Gasteiger partial charge in [0.1, 0.15) is 0 Å². The molecule has 0 saturated heterocycles. The predicted molar refractivity (Wildman–Crippen MR) is 26.0 cm³/mol. The van der Waals surface area contributed by atoms with Gasteiger partial charge in [-0.25, -0.2) is 16.0 Å². The molecule has 0 aromatic heterocycles. The normalized spacial score (nSPS) is 8.29. The Bertz CT molecular complexity index is 52.1. The minimum absolute atomic E-state index is 0.639. The summed E-state index contributed by atoms with van der Waals surface area (Å²) in [4.78, 5) is 9.77. The maximum Gasteiger partial charge on any atom is 0.238 e. The number of carbonyl (C=O) groups excluding carboxylic acids is 1. The molecule has 7 heavy (non-hydrogen) atoms. The highest BCUT2D eigenvalue weighted by Crippen LogP contribution is 1.54. The molecule has 0 fully saturated rings. The zero-order valence-corrected chi connectivity index (χ0v) is 4.43. The lowest BCUT2D eigenvalue weighted by Gasteiger charge is -2.11. The molecule has 0 aliphatic heterocycles. The van der Waals surface area contributed by atoms with Crippen LogP contribution in [0.2, 0.25) is 0 Å². The van der Waals surface area contributed by atoms with Crippen molar-refractivity contribution < 1.29 is 4.79 Å². The number of hydrogen-bond acceptors (Lipinski definition) is 3. The second-order valence-corrected chi connectivity index (χ2v) is 0.923. The highest BCUT2D eigenvalue weighted by molar-refractivity contribution is 5.44. The van der Waals surface area contributed by atoms with Crippen molar-refractivity contribution in [3.05, 3.63) is 0 Å². The van der Waals surface area contributed by atoms with Crippen LogP contribution in [-0.2, 0) is 4.79 Å². The summed E-state index contributed by atoms with van der Waals surface area (Å²) in [5.74, 6) is 0. The molecule has 1 amide bonds. The van der Waals surface area contributed by atoms with Crippen molar-refractivity contribution in [1.82, 2.24) is 16.0 Å². The van der Waals surface area contributed by atoms with Crippen LogP contribution in [0.25, 0.3) is 0 Å². The molecule has 4 nitrogen and oxygen atoms in total. The van der Waals surface area contributed by atoms with E-state index in [1.807, 2.05) is 0 Å². The lowest BCUT2D eigenvalue weighted by atomic mass is 11.2. The van der Waals surface area contributed by atoms with E-state index < -0.39 is 0 Å². The Hall–Kier alpha value is -0.610. The van der Waals surface area contributed by atoms with Crippen LogP contribution in [0.3, 0.4) is 0 Å². The second kappa shape index (κ2) is 3.58. The van der Waals surface area contributed by atoms with Crippen molar-refractivity contribution in [3.63, 3.8) is 0 Å². The first-order chi connectivity index (χ1) is 3.35. The van der Waals surface area contributed by atoms with Gasteiger partial charge >= 0.3 is 0 Å². The summed E-state index contributed by atoms with van der Waals surface area (Å²) in [6, 6.07) is 0. The molecular formula is C3H9N3O. The number of hydrazine groups is 2. The summed E-state index contributed by atoms with van der Waals surface area (Å²) < 4.78 is 0. The van der Waals surface area contributed by atoms with Crippen molar-refractivity contribution in [2.75, 3.05) is 14.1 Å². The van der Waals surface area contributed by atoms with Gasteiger partial charge in [0.2, 0.25) is 6.41 Å². The van der Waals surface area contributed by atoms with Crippen LogP contribution in [0.1, 0.15) is 0 Å².